The minimum atomic E-state index is -0.427. The van der Waals surface area contributed by atoms with Crippen molar-refractivity contribution in [1.29, 1.82) is 0 Å². The second-order valence-corrected chi connectivity index (χ2v) is 5.53. The monoisotopic (exact) mass is 335 g/mol. The molecule has 0 aromatic carbocycles. The molecule has 6 nitrogen and oxygen atoms in total. The molecule has 1 saturated heterocycles. The van der Waals surface area contributed by atoms with E-state index in [0.29, 0.717) is 29.8 Å². The number of rotatable bonds is 2. The molecule has 0 atom stereocenters. The van der Waals surface area contributed by atoms with Crippen LogP contribution in [0.2, 0.25) is 0 Å². The average Bonchev–Trinajstić information content (AvgIpc) is 2.69. The molecule has 1 heterocycles. The third-order valence-electron chi connectivity index (χ3n) is 4.10. The van der Waals surface area contributed by atoms with Crippen molar-refractivity contribution in [2.45, 2.75) is 0 Å². The van der Waals surface area contributed by atoms with Gasteiger partial charge in [0.2, 0.25) is 0 Å². The number of fused-ring (bicyclic) bond motifs is 1. The Labute approximate surface area is 140 Å². The van der Waals surface area contributed by atoms with Crippen LogP contribution in [0.3, 0.4) is 0 Å². The van der Waals surface area contributed by atoms with Crippen molar-refractivity contribution in [3.05, 3.63) is 52.1 Å². The fourth-order valence-electron chi connectivity index (χ4n) is 2.81. The zero-order valence-corrected chi connectivity index (χ0v) is 13.6. The van der Waals surface area contributed by atoms with Gasteiger partial charge >= 0.3 is 0 Å². The van der Waals surface area contributed by atoms with E-state index in [1.54, 1.807) is 35.2 Å². The van der Waals surface area contributed by atoms with Crippen molar-refractivity contribution >= 4 is 24.0 Å². The van der Waals surface area contributed by atoms with Crippen molar-refractivity contribution in [1.82, 2.24) is 9.80 Å². The Hall–Kier alpha value is -2.18. The number of likely N-dealkylation sites (N-methyl/N-ethyl adjacent to an activating group) is 1. The predicted molar refractivity (Wildman–Crippen MR) is 90.4 cm³/mol. The van der Waals surface area contributed by atoms with Gasteiger partial charge in [-0.25, -0.2) is 0 Å². The van der Waals surface area contributed by atoms with Crippen LogP contribution in [0.5, 0.6) is 0 Å². The Morgan fingerprint density at radius 2 is 1.70 bits per heavy atom. The zero-order valence-electron chi connectivity index (χ0n) is 12.8. The van der Waals surface area contributed by atoms with E-state index in [0.717, 1.165) is 13.1 Å². The normalized spacial score (nSPS) is 15.3. The summed E-state index contributed by atoms with van der Waals surface area (Å²) in [7, 11) is 2.02. The minimum Gasteiger partial charge on any atom is -0.336 e. The fraction of sp³-hybridized carbons (Fsp3) is 0.312. The third kappa shape index (κ3) is 3.28. The minimum absolute atomic E-state index is 0. The molecule has 0 N–H and O–H groups in total. The summed E-state index contributed by atoms with van der Waals surface area (Å²) in [6, 6.07) is 10.2. The smallest absolute Gasteiger partial charge is 0.278 e. The molecule has 3 rings (SSSR count). The van der Waals surface area contributed by atoms with Gasteiger partial charge in [0.25, 0.3) is 11.6 Å². The number of piperazine rings is 1. The Morgan fingerprint density at radius 3 is 2.30 bits per heavy atom. The van der Waals surface area contributed by atoms with E-state index < -0.39 is 4.92 Å². The Kier molecular flexibility index (Phi) is 5.18. The number of nitrogens with zero attached hydrogens (tertiary/aromatic N) is 3. The van der Waals surface area contributed by atoms with E-state index >= 15 is 0 Å². The summed E-state index contributed by atoms with van der Waals surface area (Å²) in [6.45, 7) is 2.93. The van der Waals surface area contributed by atoms with Crippen LogP contribution in [0.25, 0.3) is 11.1 Å². The van der Waals surface area contributed by atoms with Gasteiger partial charge in [0.1, 0.15) is 0 Å². The molecular weight excluding hydrogens is 318 g/mol. The molecular formula is C16H18ClN3O3. The van der Waals surface area contributed by atoms with Crippen LogP contribution in [0.1, 0.15) is 10.4 Å². The van der Waals surface area contributed by atoms with Crippen LogP contribution in [0.15, 0.2) is 36.4 Å². The van der Waals surface area contributed by atoms with Crippen molar-refractivity contribution in [2.24, 2.45) is 0 Å². The molecule has 0 bridgehead atoms. The van der Waals surface area contributed by atoms with Crippen molar-refractivity contribution in [3.8, 4) is 11.1 Å². The van der Waals surface area contributed by atoms with Gasteiger partial charge in [-0.1, -0.05) is 24.3 Å². The molecule has 3 aliphatic rings. The number of amides is 1. The van der Waals surface area contributed by atoms with E-state index in [2.05, 4.69) is 4.90 Å². The summed E-state index contributed by atoms with van der Waals surface area (Å²) >= 11 is 0. The molecule has 0 unspecified atom stereocenters. The van der Waals surface area contributed by atoms with E-state index in [4.69, 9.17) is 0 Å². The Morgan fingerprint density at radius 1 is 1.09 bits per heavy atom. The molecule has 0 aromatic heterocycles. The molecule has 23 heavy (non-hydrogen) atoms. The van der Waals surface area contributed by atoms with E-state index in [1.165, 1.54) is 6.07 Å². The van der Waals surface area contributed by atoms with Gasteiger partial charge < -0.3 is 9.80 Å². The first-order chi connectivity index (χ1) is 10.6. The highest BCUT2D eigenvalue weighted by atomic mass is 35.5. The molecule has 7 heteroatoms. The molecule has 122 valence electrons. The molecule has 1 fully saturated rings. The first-order valence-electron chi connectivity index (χ1n) is 7.22. The van der Waals surface area contributed by atoms with Gasteiger partial charge in [-0.05, 0) is 13.1 Å². The maximum absolute atomic E-state index is 12.7. The maximum atomic E-state index is 12.7. The number of carbonyl (C=O) groups excluding carboxylic acids is 1. The average molecular weight is 336 g/mol. The quantitative estimate of drug-likeness (QED) is 0.624. The van der Waals surface area contributed by atoms with Gasteiger partial charge in [0.15, 0.2) is 0 Å². The summed E-state index contributed by atoms with van der Waals surface area (Å²) in [5, 5.41) is 11.2. The number of hydrogen-bond acceptors (Lipinski definition) is 4. The summed E-state index contributed by atoms with van der Waals surface area (Å²) in [6.07, 6.45) is 0. The van der Waals surface area contributed by atoms with Gasteiger partial charge in [-0.3, -0.25) is 14.9 Å². The molecule has 0 saturated carbocycles. The SMILES string of the molecule is CN1CCN(C(=O)c2cc([N+](=O)[O-])c3cccccc2-3)CC1.Cl. The molecule has 0 aromatic rings. The van der Waals surface area contributed by atoms with Crippen molar-refractivity contribution in [3.63, 3.8) is 0 Å². The fourth-order valence-corrected chi connectivity index (χ4v) is 2.81. The second kappa shape index (κ2) is 6.93. The number of hydrogen-bond donors (Lipinski definition) is 0. The van der Waals surface area contributed by atoms with Gasteiger partial charge in [0, 0.05) is 37.8 Å². The van der Waals surface area contributed by atoms with Gasteiger partial charge in [0.05, 0.1) is 16.1 Å². The van der Waals surface area contributed by atoms with Crippen LogP contribution in [0.4, 0.5) is 5.69 Å². The predicted octanol–water partition coefficient (Wildman–Crippen LogP) is 2.51. The van der Waals surface area contributed by atoms with Crippen LogP contribution in [-0.4, -0.2) is 53.9 Å². The first-order valence-corrected chi connectivity index (χ1v) is 7.22. The molecule has 1 amide bonds. The molecule has 0 radical (unpaired) electrons. The highest BCUT2D eigenvalue weighted by Crippen LogP contribution is 2.37. The molecule has 1 aliphatic heterocycles. The summed E-state index contributed by atoms with van der Waals surface area (Å²) in [4.78, 5) is 27.5. The molecule has 0 spiro atoms. The Balaban J connectivity index is 0.00000192. The van der Waals surface area contributed by atoms with Crippen LogP contribution < -0.4 is 0 Å². The molecule has 2 aliphatic carbocycles. The largest absolute Gasteiger partial charge is 0.336 e. The summed E-state index contributed by atoms with van der Waals surface area (Å²) in [5.41, 5.74) is 1.55. The van der Waals surface area contributed by atoms with E-state index in [9.17, 15) is 14.9 Å². The van der Waals surface area contributed by atoms with Crippen LogP contribution >= 0.6 is 12.4 Å². The van der Waals surface area contributed by atoms with Crippen molar-refractivity contribution < 1.29 is 9.72 Å². The number of carbonyl (C=O) groups is 1. The highest BCUT2D eigenvalue weighted by molar-refractivity contribution is 6.05. The Bertz CT molecular complexity index is 699. The standard InChI is InChI=1S/C16H17N3O3.ClH/c1-17-7-9-18(10-8-17)16(20)14-11-15(19(21)22)13-6-4-2-3-5-12(13)14;/h2-6,11H,7-10H2,1H3;1H. The van der Waals surface area contributed by atoms with Crippen LogP contribution in [0, 0.1) is 10.1 Å². The lowest BCUT2D eigenvalue weighted by atomic mass is 10.1. The number of nitro groups is 1. The lowest BCUT2D eigenvalue weighted by Crippen LogP contribution is -2.47. The lowest BCUT2D eigenvalue weighted by molar-refractivity contribution is -0.383. The summed E-state index contributed by atoms with van der Waals surface area (Å²) < 4.78 is 0. The first kappa shape index (κ1) is 17.2. The van der Waals surface area contributed by atoms with Gasteiger partial charge in [-0.2, -0.15) is 0 Å². The topological polar surface area (TPSA) is 66.7 Å². The van der Waals surface area contributed by atoms with Crippen LogP contribution in [-0.2, 0) is 0 Å². The van der Waals surface area contributed by atoms with E-state index in [1.807, 2.05) is 7.05 Å². The number of halogens is 1. The third-order valence-corrected chi connectivity index (χ3v) is 4.10. The maximum Gasteiger partial charge on any atom is 0.278 e. The highest BCUT2D eigenvalue weighted by Gasteiger charge is 2.29. The second-order valence-electron chi connectivity index (χ2n) is 5.53. The summed E-state index contributed by atoms with van der Waals surface area (Å²) in [5.74, 6) is -0.127. The van der Waals surface area contributed by atoms with E-state index in [-0.39, 0.29) is 24.0 Å². The van der Waals surface area contributed by atoms with Gasteiger partial charge in [-0.15, -0.1) is 12.4 Å². The zero-order chi connectivity index (χ0) is 15.7. The lowest BCUT2D eigenvalue weighted by Gasteiger charge is -2.32. The van der Waals surface area contributed by atoms with Crippen molar-refractivity contribution in [2.75, 3.05) is 33.2 Å².